The minimum atomic E-state index is -0.00605. The third kappa shape index (κ3) is 3.73. The molecular formula is C13H21N3O. The van der Waals surface area contributed by atoms with Crippen LogP contribution in [0.15, 0.2) is 18.3 Å². The van der Waals surface area contributed by atoms with Crippen molar-refractivity contribution in [3.63, 3.8) is 0 Å². The lowest BCUT2D eigenvalue weighted by Crippen LogP contribution is -2.30. The van der Waals surface area contributed by atoms with Crippen molar-refractivity contribution in [1.82, 2.24) is 4.98 Å². The van der Waals surface area contributed by atoms with Gasteiger partial charge in [0.05, 0.1) is 11.9 Å². The molecule has 17 heavy (non-hydrogen) atoms. The fourth-order valence-electron chi connectivity index (χ4n) is 1.48. The highest BCUT2D eigenvalue weighted by Gasteiger charge is 2.14. The van der Waals surface area contributed by atoms with Crippen LogP contribution in [0.1, 0.15) is 27.7 Å². The fraction of sp³-hybridized carbons (Fsp3) is 0.538. The quantitative estimate of drug-likeness (QED) is 0.872. The van der Waals surface area contributed by atoms with E-state index in [0.29, 0.717) is 6.04 Å². The van der Waals surface area contributed by atoms with Crippen LogP contribution in [-0.4, -0.2) is 24.0 Å². The van der Waals surface area contributed by atoms with Gasteiger partial charge < -0.3 is 10.2 Å². The Balaban J connectivity index is 2.77. The Labute approximate surface area is 103 Å². The number of hydrogen-bond acceptors (Lipinski definition) is 3. The molecule has 1 N–H and O–H groups in total. The number of anilines is 2. The van der Waals surface area contributed by atoms with Crippen molar-refractivity contribution in [2.75, 3.05) is 17.3 Å². The maximum Gasteiger partial charge on any atom is 0.229 e. The molecule has 0 saturated carbocycles. The minimum absolute atomic E-state index is 0.00605. The summed E-state index contributed by atoms with van der Waals surface area (Å²) in [6.45, 7) is 7.90. The van der Waals surface area contributed by atoms with Gasteiger partial charge in [-0.1, -0.05) is 13.8 Å². The molecule has 1 rings (SSSR count). The van der Waals surface area contributed by atoms with Crippen LogP contribution < -0.4 is 10.2 Å². The molecule has 0 atom stereocenters. The second kappa shape index (κ2) is 5.66. The predicted molar refractivity (Wildman–Crippen MR) is 71.2 cm³/mol. The molecule has 1 amide bonds. The minimum Gasteiger partial charge on any atom is -0.368 e. The van der Waals surface area contributed by atoms with Gasteiger partial charge in [0.1, 0.15) is 5.82 Å². The van der Waals surface area contributed by atoms with Crippen molar-refractivity contribution in [3.8, 4) is 0 Å². The Kier molecular flexibility index (Phi) is 4.49. The smallest absolute Gasteiger partial charge is 0.229 e. The van der Waals surface area contributed by atoms with E-state index in [2.05, 4.69) is 24.1 Å². The number of nitrogens with zero attached hydrogens (tertiary/aromatic N) is 2. The molecule has 0 aliphatic heterocycles. The molecule has 1 heterocycles. The Morgan fingerprint density at radius 1 is 1.29 bits per heavy atom. The summed E-state index contributed by atoms with van der Waals surface area (Å²) in [6, 6.07) is 4.14. The number of carbonyl (C=O) groups excluding carboxylic acids is 1. The van der Waals surface area contributed by atoms with E-state index in [-0.39, 0.29) is 11.8 Å². The van der Waals surface area contributed by atoms with Gasteiger partial charge in [0.15, 0.2) is 0 Å². The summed E-state index contributed by atoms with van der Waals surface area (Å²) in [5.41, 5.74) is 0.818. The maximum absolute atomic E-state index is 11.8. The molecular weight excluding hydrogens is 214 g/mol. The SMILES string of the molecule is CC(C)Nc1ccc(N(C)C(=O)C(C)C)cn1. The van der Waals surface area contributed by atoms with E-state index in [9.17, 15) is 4.79 Å². The molecule has 0 aliphatic rings. The molecule has 0 fully saturated rings. The molecule has 1 aromatic heterocycles. The zero-order valence-electron chi connectivity index (χ0n) is 11.2. The zero-order valence-corrected chi connectivity index (χ0v) is 11.2. The molecule has 0 saturated heterocycles. The molecule has 0 unspecified atom stereocenters. The van der Waals surface area contributed by atoms with Gasteiger partial charge in [0.2, 0.25) is 5.91 Å². The molecule has 4 nitrogen and oxygen atoms in total. The summed E-state index contributed by atoms with van der Waals surface area (Å²) in [4.78, 5) is 17.7. The molecule has 94 valence electrons. The molecule has 4 heteroatoms. The predicted octanol–water partition coefficient (Wildman–Crippen LogP) is 2.52. The lowest BCUT2D eigenvalue weighted by molar-refractivity contribution is -0.121. The molecule has 0 radical (unpaired) electrons. The van der Waals surface area contributed by atoms with E-state index in [1.807, 2.05) is 26.0 Å². The van der Waals surface area contributed by atoms with Crippen molar-refractivity contribution >= 4 is 17.4 Å². The Morgan fingerprint density at radius 3 is 2.35 bits per heavy atom. The monoisotopic (exact) mass is 235 g/mol. The van der Waals surface area contributed by atoms with Gasteiger partial charge in [-0.05, 0) is 26.0 Å². The van der Waals surface area contributed by atoms with Crippen LogP contribution >= 0.6 is 0 Å². The van der Waals surface area contributed by atoms with Gasteiger partial charge in [-0.15, -0.1) is 0 Å². The summed E-state index contributed by atoms with van der Waals surface area (Å²) in [6.07, 6.45) is 1.71. The van der Waals surface area contributed by atoms with Crippen molar-refractivity contribution in [2.45, 2.75) is 33.7 Å². The Bertz CT molecular complexity index is 371. The Hall–Kier alpha value is -1.58. The van der Waals surface area contributed by atoms with E-state index in [4.69, 9.17) is 0 Å². The first-order chi connectivity index (χ1) is 7.91. The largest absolute Gasteiger partial charge is 0.368 e. The third-order valence-electron chi connectivity index (χ3n) is 2.40. The van der Waals surface area contributed by atoms with Gasteiger partial charge >= 0.3 is 0 Å². The van der Waals surface area contributed by atoms with Gasteiger partial charge in [0.25, 0.3) is 0 Å². The topological polar surface area (TPSA) is 45.2 Å². The second-order valence-corrected chi connectivity index (χ2v) is 4.75. The molecule has 1 aromatic rings. The van der Waals surface area contributed by atoms with Crippen LogP contribution in [0, 0.1) is 5.92 Å². The lowest BCUT2D eigenvalue weighted by Gasteiger charge is -2.19. The van der Waals surface area contributed by atoms with Crippen LogP contribution in [-0.2, 0) is 4.79 Å². The summed E-state index contributed by atoms with van der Waals surface area (Å²) < 4.78 is 0. The highest BCUT2D eigenvalue weighted by molar-refractivity contribution is 5.93. The Morgan fingerprint density at radius 2 is 1.94 bits per heavy atom. The second-order valence-electron chi connectivity index (χ2n) is 4.75. The lowest BCUT2D eigenvalue weighted by atomic mass is 10.2. The number of rotatable bonds is 4. The number of carbonyl (C=O) groups is 1. The maximum atomic E-state index is 11.8. The van der Waals surface area contributed by atoms with Crippen molar-refractivity contribution in [3.05, 3.63) is 18.3 Å². The van der Waals surface area contributed by atoms with Crippen LogP contribution in [0.5, 0.6) is 0 Å². The normalized spacial score (nSPS) is 10.8. The highest BCUT2D eigenvalue weighted by atomic mass is 16.2. The molecule has 0 bridgehead atoms. The standard InChI is InChI=1S/C13H21N3O/c1-9(2)13(17)16(5)11-6-7-12(14-8-11)15-10(3)4/h6-10H,1-5H3,(H,14,15). The zero-order chi connectivity index (χ0) is 13.0. The first-order valence-electron chi connectivity index (χ1n) is 5.92. The molecule has 0 aromatic carbocycles. The van der Waals surface area contributed by atoms with Crippen LogP contribution in [0.2, 0.25) is 0 Å². The average Bonchev–Trinajstić information content (AvgIpc) is 2.27. The van der Waals surface area contributed by atoms with E-state index < -0.39 is 0 Å². The summed E-state index contributed by atoms with van der Waals surface area (Å²) in [5.74, 6) is 0.916. The fourth-order valence-corrected chi connectivity index (χ4v) is 1.48. The van der Waals surface area contributed by atoms with E-state index >= 15 is 0 Å². The number of nitrogens with one attached hydrogen (secondary N) is 1. The molecule has 0 aliphatic carbocycles. The van der Waals surface area contributed by atoms with Gasteiger partial charge in [0, 0.05) is 19.0 Å². The number of amides is 1. The van der Waals surface area contributed by atoms with Crippen molar-refractivity contribution < 1.29 is 4.79 Å². The highest BCUT2D eigenvalue weighted by Crippen LogP contribution is 2.16. The number of pyridine rings is 1. The summed E-state index contributed by atoms with van der Waals surface area (Å²) >= 11 is 0. The van der Waals surface area contributed by atoms with Crippen LogP contribution in [0.4, 0.5) is 11.5 Å². The van der Waals surface area contributed by atoms with Crippen molar-refractivity contribution in [1.29, 1.82) is 0 Å². The first-order valence-corrected chi connectivity index (χ1v) is 5.92. The number of hydrogen-bond donors (Lipinski definition) is 1. The summed E-state index contributed by atoms with van der Waals surface area (Å²) in [5, 5.41) is 3.21. The third-order valence-corrected chi connectivity index (χ3v) is 2.40. The van der Waals surface area contributed by atoms with Crippen LogP contribution in [0.25, 0.3) is 0 Å². The van der Waals surface area contributed by atoms with Gasteiger partial charge in [-0.3, -0.25) is 4.79 Å². The van der Waals surface area contributed by atoms with Gasteiger partial charge in [-0.25, -0.2) is 4.98 Å². The average molecular weight is 235 g/mol. The number of aromatic nitrogens is 1. The summed E-state index contributed by atoms with van der Waals surface area (Å²) in [7, 11) is 1.77. The van der Waals surface area contributed by atoms with Crippen molar-refractivity contribution in [2.24, 2.45) is 5.92 Å². The van der Waals surface area contributed by atoms with E-state index in [1.54, 1.807) is 18.1 Å². The van der Waals surface area contributed by atoms with E-state index in [1.165, 1.54) is 0 Å². The molecule has 0 spiro atoms. The van der Waals surface area contributed by atoms with Gasteiger partial charge in [-0.2, -0.15) is 0 Å². The van der Waals surface area contributed by atoms with Crippen LogP contribution in [0.3, 0.4) is 0 Å². The first kappa shape index (κ1) is 13.5. The van der Waals surface area contributed by atoms with E-state index in [0.717, 1.165) is 11.5 Å².